The van der Waals surface area contributed by atoms with Crippen LogP contribution in [0.2, 0.25) is 0 Å². The predicted molar refractivity (Wildman–Crippen MR) is 180 cm³/mol. The number of carbonyl (C=O) groups is 2. The van der Waals surface area contributed by atoms with Crippen LogP contribution in [0.3, 0.4) is 0 Å². The minimum atomic E-state index is -3.30. The van der Waals surface area contributed by atoms with Crippen molar-refractivity contribution in [2.24, 2.45) is 0 Å². The second-order valence-electron chi connectivity index (χ2n) is 7.77. The Hall–Kier alpha value is 0.130. The van der Waals surface area contributed by atoms with Crippen LogP contribution in [0.25, 0.3) is 0 Å². The smallest absolute Gasteiger partial charge is 0.305 e. The Morgan fingerprint density at radius 3 is 1.54 bits per heavy atom. The zero-order valence-corrected chi connectivity index (χ0v) is 30.5. The normalized spacial score (nSPS) is 10.2. The van der Waals surface area contributed by atoms with E-state index in [4.69, 9.17) is 18.9 Å². The molecule has 0 fully saturated rings. The fourth-order valence-electron chi connectivity index (χ4n) is 1.98. The number of hydrogen-bond acceptors (Lipinski definition) is 14. The Morgan fingerprint density at radius 1 is 0.634 bits per heavy atom. The van der Waals surface area contributed by atoms with E-state index in [0.29, 0.717) is 52.7 Å². The lowest BCUT2D eigenvalue weighted by Gasteiger charge is -2.05. The topological polar surface area (TPSA) is 124 Å². The van der Waals surface area contributed by atoms with Crippen LogP contribution >= 0.6 is 47.0 Å². The van der Waals surface area contributed by atoms with E-state index in [2.05, 4.69) is 22.1 Å². The molecule has 0 spiro atoms. The molecule has 41 heavy (non-hydrogen) atoms. The number of carbonyl (C=O) groups excluding carboxylic acids is 2. The van der Waals surface area contributed by atoms with Crippen LogP contribution in [0.4, 0.5) is 0 Å². The Labute approximate surface area is 267 Å². The van der Waals surface area contributed by atoms with Crippen molar-refractivity contribution in [1.29, 1.82) is 0 Å². The van der Waals surface area contributed by atoms with E-state index < -0.39 is 10.1 Å². The molecule has 0 aromatic carbocycles. The number of hydrogen-bond donors (Lipinski definition) is 0. The fraction of sp³-hybridized carbons (Fsp3) is 0.923. The minimum absolute atomic E-state index is 0.0436. The van der Waals surface area contributed by atoms with Gasteiger partial charge in [0.05, 0.1) is 59.1 Å². The average molecular weight is 689 g/mol. The lowest BCUT2D eigenvalue weighted by Crippen LogP contribution is -2.11. The van der Waals surface area contributed by atoms with Crippen molar-refractivity contribution in [3.8, 4) is 0 Å². The molecule has 10 nitrogen and oxygen atoms in total. The van der Waals surface area contributed by atoms with Crippen molar-refractivity contribution in [3.05, 3.63) is 0 Å². The van der Waals surface area contributed by atoms with Gasteiger partial charge in [-0.15, -0.1) is 0 Å². The molecule has 15 heteroatoms. The Bertz CT molecular complexity index is 626. The number of thioether (sulfide) groups is 4. The van der Waals surface area contributed by atoms with E-state index in [0.717, 1.165) is 49.4 Å². The molecule has 0 aliphatic carbocycles. The average Bonchev–Trinajstić information content (AvgIpc) is 2.91. The molecule has 0 aliphatic heterocycles. The molecule has 0 aromatic heterocycles. The first-order chi connectivity index (χ1) is 19.6. The fourth-order valence-corrected chi connectivity index (χ4v) is 3.33. The van der Waals surface area contributed by atoms with Crippen LogP contribution < -0.4 is 0 Å². The molecule has 0 N–H and O–H groups in total. The highest BCUT2D eigenvalue weighted by Gasteiger charge is 2.01. The first-order valence-corrected chi connectivity index (χ1v) is 20.9. The summed E-state index contributed by atoms with van der Waals surface area (Å²) in [5.74, 6) is 2.68. The Kier molecular flexibility index (Phi) is 49.5. The monoisotopic (exact) mass is 688 g/mol. The first kappa shape index (κ1) is 48.0. The number of unbranched alkanes of at least 4 members (excludes halogenated alkanes) is 1. The highest BCUT2D eigenvalue weighted by atomic mass is 32.2. The SMILES string of the molecule is CCCCC(=O)OCCCSC.CSC.CSCCOCCOCCOC(C)=O.CSCCOCCOS(C)(=O)=O. The van der Waals surface area contributed by atoms with Gasteiger partial charge in [0.2, 0.25) is 0 Å². The third kappa shape index (κ3) is 64.3. The number of ether oxygens (including phenoxy) is 5. The lowest BCUT2D eigenvalue weighted by atomic mass is 10.2. The largest absolute Gasteiger partial charge is 0.466 e. The third-order valence-electron chi connectivity index (χ3n) is 3.78. The lowest BCUT2D eigenvalue weighted by molar-refractivity contribution is -0.144. The maximum atomic E-state index is 10.9. The first-order valence-electron chi connectivity index (χ1n) is 13.3. The van der Waals surface area contributed by atoms with E-state index >= 15 is 0 Å². The van der Waals surface area contributed by atoms with E-state index in [9.17, 15) is 18.0 Å². The minimum Gasteiger partial charge on any atom is -0.466 e. The van der Waals surface area contributed by atoms with Crippen molar-refractivity contribution >= 4 is 69.1 Å². The Balaban J connectivity index is -0.000000239. The summed E-state index contributed by atoms with van der Waals surface area (Å²) in [5.41, 5.74) is 0. The molecular weight excluding hydrogens is 633 g/mol. The predicted octanol–water partition coefficient (Wildman–Crippen LogP) is 4.74. The molecule has 250 valence electrons. The summed E-state index contributed by atoms with van der Waals surface area (Å²) in [6, 6.07) is 0. The molecule has 0 aromatic rings. The highest BCUT2D eigenvalue weighted by molar-refractivity contribution is 7.99. The summed E-state index contributed by atoms with van der Waals surface area (Å²) in [6.45, 7) is 7.77. The zero-order chi connectivity index (χ0) is 32.0. The van der Waals surface area contributed by atoms with E-state index in [-0.39, 0.29) is 18.5 Å². The van der Waals surface area contributed by atoms with Crippen molar-refractivity contribution < 1.29 is 45.9 Å². The van der Waals surface area contributed by atoms with Crippen LogP contribution in [0.5, 0.6) is 0 Å². The van der Waals surface area contributed by atoms with Gasteiger partial charge < -0.3 is 23.7 Å². The van der Waals surface area contributed by atoms with Crippen molar-refractivity contribution in [2.75, 3.05) is 114 Å². The molecule has 0 atom stereocenters. The molecule has 0 rings (SSSR count). The summed E-state index contributed by atoms with van der Waals surface area (Å²) in [4.78, 5) is 21.3. The van der Waals surface area contributed by atoms with Crippen LogP contribution in [0.1, 0.15) is 39.5 Å². The molecule has 0 heterocycles. The zero-order valence-electron chi connectivity index (χ0n) is 26.4. The number of esters is 2. The molecule has 0 aliphatic rings. The second kappa shape index (κ2) is 42.3. The molecule has 0 bridgehead atoms. The van der Waals surface area contributed by atoms with Gasteiger partial charge in [-0.2, -0.15) is 55.5 Å². The van der Waals surface area contributed by atoms with Gasteiger partial charge in [0.1, 0.15) is 6.61 Å². The maximum Gasteiger partial charge on any atom is 0.305 e. The Morgan fingerprint density at radius 2 is 1.10 bits per heavy atom. The van der Waals surface area contributed by atoms with Gasteiger partial charge in [0, 0.05) is 24.9 Å². The molecular formula is C26H56O10S5. The van der Waals surface area contributed by atoms with Gasteiger partial charge in [0.15, 0.2) is 0 Å². The molecule has 0 saturated carbocycles. The summed E-state index contributed by atoms with van der Waals surface area (Å²) in [6.07, 6.45) is 14.7. The standard InChI is InChI=1S/C9H18O4S.C9H18O2S.C6H14O4S2.C2H6S/c1-9(10)13-6-5-11-3-4-12-7-8-14-2;1-3-4-6-9(10)11-7-5-8-12-2;1-11-6-5-9-3-4-10-12(2,7)8;1-3-2/h3-8H2,1-2H3;3-8H2,1-2H3;3-6H2,1-2H3;1-2H3. The van der Waals surface area contributed by atoms with E-state index in [1.807, 2.05) is 25.0 Å². The second-order valence-corrected chi connectivity index (χ2v) is 13.2. The van der Waals surface area contributed by atoms with Gasteiger partial charge >= 0.3 is 11.9 Å². The third-order valence-corrected chi connectivity index (χ3v) is 6.23. The number of rotatable bonds is 23. The molecule has 0 radical (unpaired) electrons. The van der Waals surface area contributed by atoms with Gasteiger partial charge in [-0.05, 0) is 49.9 Å². The van der Waals surface area contributed by atoms with Gasteiger partial charge in [-0.3, -0.25) is 13.8 Å². The summed E-state index contributed by atoms with van der Waals surface area (Å²) >= 11 is 6.96. The van der Waals surface area contributed by atoms with Crippen molar-refractivity contribution in [3.63, 3.8) is 0 Å². The van der Waals surface area contributed by atoms with Crippen LogP contribution in [0.15, 0.2) is 0 Å². The summed E-state index contributed by atoms with van der Waals surface area (Å²) in [5, 5.41) is 0. The summed E-state index contributed by atoms with van der Waals surface area (Å²) in [7, 11) is -3.30. The van der Waals surface area contributed by atoms with Crippen molar-refractivity contribution in [1.82, 2.24) is 0 Å². The quantitative estimate of drug-likeness (QED) is 0.0834. The summed E-state index contributed by atoms with van der Waals surface area (Å²) < 4.78 is 50.5. The van der Waals surface area contributed by atoms with E-state index in [1.54, 1.807) is 47.0 Å². The molecule has 0 unspecified atom stereocenters. The van der Waals surface area contributed by atoms with E-state index in [1.165, 1.54) is 6.92 Å². The van der Waals surface area contributed by atoms with Crippen LogP contribution in [-0.2, 0) is 47.6 Å². The highest BCUT2D eigenvalue weighted by Crippen LogP contribution is 1.99. The van der Waals surface area contributed by atoms with Crippen LogP contribution in [-0.4, -0.2) is 135 Å². The molecule has 0 amide bonds. The van der Waals surface area contributed by atoms with Gasteiger partial charge in [0.25, 0.3) is 10.1 Å². The van der Waals surface area contributed by atoms with Crippen LogP contribution in [0, 0.1) is 0 Å². The molecule has 0 saturated heterocycles. The maximum absolute atomic E-state index is 10.9. The van der Waals surface area contributed by atoms with Crippen molar-refractivity contribution in [2.45, 2.75) is 39.5 Å². The van der Waals surface area contributed by atoms with Gasteiger partial charge in [-0.25, -0.2) is 0 Å². The van der Waals surface area contributed by atoms with Gasteiger partial charge in [-0.1, -0.05) is 13.3 Å².